The normalized spacial score (nSPS) is 11.7. The molecule has 0 amide bonds. The fourth-order valence-corrected chi connectivity index (χ4v) is 3.21. The van der Waals surface area contributed by atoms with E-state index in [0.29, 0.717) is 5.15 Å². The van der Waals surface area contributed by atoms with E-state index in [1.54, 1.807) is 11.3 Å². The Hall–Kier alpha value is -0.650. The maximum atomic E-state index is 6.22. The second-order valence-electron chi connectivity index (χ2n) is 5.61. The molecular weight excluding hydrogens is 358 g/mol. The van der Waals surface area contributed by atoms with E-state index in [1.165, 1.54) is 4.88 Å². The summed E-state index contributed by atoms with van der Waals surface area (Å²) >= 11 is 11.5. The molecule has 108 valence electrons. The van der Waals surface area contributed by atoms with Crippen molar-refractivity contribution in [2.24, 2.45) is 0 Å². The third-order valence-corrected chi connectivity index (χ3v) is 5.16. The van der Waals surface area contributed by atoms with Gasteiger partial charge in [-0.3, -0.25) is 0 Å². The van der Waals surface area contributed by atoms with Gasteiger partial charge in [0, 0.05) is 20.3 Å². The van der Waals surface area contributed by atoms with Crippen molar-refractivity contribution >= 4 is 44.7 Å². The molecule has 0 aliphatic heterocycles. The Bertz CT molecular complexity index is 619. The van der Waals surface area contributed by atoms with E-state index in [1.807, 2.05) is 13.0 Å². The summed E-state index contributed by atoms with van der Waals surface area (Å²) < 4.78 is 1.11. The first-order chi connectivity index (χ1) is 9.29. The number of nitrogens with zero attached hydrogens (tertiary/aromatic N) is 2. The van der Waals surface area contributed by atoms with Crippen molar-refractivity contribution in [2.45, 2.75) is 39.7 Å². The van der Waals surface area contributed by atoms with Gasteiger partial charge in [0.1, 0.15) is 16.8 Å². The molecule has 0 aromatic carbocycles. The third kappa shape index (κ3) is 3.51. The molecular formula is C14H17BrClN3S. The third-order valence-electron chi connectivity index (χ3n) is 2.86. The molecule has 0 fully saturated rings. The summed E-state index contributed by atoms with van der Waals surface area (Å²) in [4.78, 5) is 10.2. The largest absolute Gasteiger partial charge is 0.365 e. The highest BCUT2D eigenvalue weighted by Gasteiger charge is 2.20. The lowest BCUT2D eigenvalue weighted by Crippen LogP contribution is -2.18. The molecule has 0 unspecified atom stereocenters. The van der Waals surface area contributed by atoms with Crippen LogP contribution in [0.3, 0.4) is 0 Å². The number of hydrogen-bond donors (Lipinski definition) is 1. The van der Waals surface area contributed by atoms with Gasteiger partial charge < -0.3 is 5.32 Å². The zero-order valence-electron chi connectivity index (χ0n) is 11.9. The van der Waals surface area contributed by atoms with Gasteiger partial charge in [0.15, 0.2) is 0 Å². The molecule has 20 heavy (non-hydrogen) atoms. The number of anilines is 1. The first kappa shape index (κ1) is 15.7. The highest BCUT2D eigenvalue weighted by atomic mass is 79.9. The van der Waals surface area contributed by atoms with E-state index in [0.717, 1.165) is 28.2 Å². The van der Waals surface area contributed by atoms with Gasteiger partial charge in [-0.15, -0.1) is 11.3 Å². The summed E-state index contributed by atoms with van der Waals surface area (Å²) in [5.74, 6) is 1.55. The minimum Gasteiger partial charge on any atom is -0.365 e. The van der Waals surface area contributed by atoms with Crippen molar-refractivity contribution in [3.8, 4) is 0 Å². The van der Waals surface area contributed by atoms with Gasteiger partial charge in [0.25, 0.3) is 0 Å². The Labute approximate surface area is 136 Å². The van der Waals surface area contributed by atoms with Crippen LogP contribution in [0.15, 0.2) is 15.9 Å². The molecule has 0 atom stereocenters. The van der Waals surface area contributed by atoms with Crippen molar-refractivity contribution in [1.29, 1.82) is 0 Å². The minimum atomic E-state index is -0.128. The van der Waals surface area contributed by atoms with Crippen LogP contribution < -0.4 is 5.32 Å². The Morgan fingerprint density at radius 3 is 2.60 bits per heavy atom. The van der Waals surface area contributed by atoms with Crippen molar-refractivity contribution in [3.05, 3.63) is 37.3 Å². The van der Waals surface area contributed by atoms with Crippen LogP contribution in [0.25, 0.3) is 0 Å². The van der Waals surface area contributed by atoms with E-state index in [9.17, 15) is 0 Å². The monoisotopic (exact) mass is 373 g/mol. The average Bonchev–Trinajstić information content (AvgIpc) is 2.75. The molecule has 0 radical (unpaired) electrons. The maximum absolute atomic E-state index is 6.22. The Kier molecular flexibility index (Phi) is 4.72. The second-order valence-corrected chi connectivity index (χ2v) is 7.82. The van der Waals surface area contributed by atoms with E-state index in [-0.39, 0.29) is 5.41 Å². The molecule has 0 aliphatic carbocycles. The van der Waals surface area contributed by atoms with Crippen LogP contribution in [0.1, 0.15) is 37.0 Å². The minimum absolute atomic E-state index is 0.128. The fraction of sp³-hybridized carbons (Fsp3) is 0.429. The summed E-state index contributed by atoms with van der Waals surface area (Å²) in [5, 5.41) is 5.92. The highest BCUT2D eigenvalue weighted by molar-refractivity contribution is 9.10. The van der Waals surface area contributed by atoms with Crippen molar-refractivity contribution in [3.63, 3.8) is 0 Å². The molecule has 0 saturated carbocycles. The number of thiophene rings is 1. The van der Waals surface area contributed by atoms with Crippen LogP contribution >= 0.6 is 38.9 Å². The Morgan fingerprint density at radius 2 is 2.05 bits per heavy atom. The van der Waals surface area contributed by atoms with Gasteiger partial charge in [-0.05, 0) is 34.3 Å². The molecule has 6 heteroatoms. The molecule has 3 nitrogen and oxygen atoms in total. The molecule has 0 bridgehead atoms. The molecule has 0 saturated heterocycles. The average molecular weight is 375 g/mol. The molecule has 2 aromatic rings. The van der Waals surface area contributed by atoms with E-state index >= 15 is 0 Å². The predicted molar refractivity (Wildman–Crippen MR) is 89.8 cm³/mol. The molecule has 1 N–H and O–H groups in total. The first-order valence-corrected chi connectivity index (χ1v) is 8.34. The van der Waals surface area contributed by atoms with Crippen molar-refractivity contribution < 1.29 is 0 Å². The van der Waals surface area contributed by atoms with Gasteiger partial charge in [0.05, 0.1) is 6.54 Å². The highest BCUT2D eigenvalue weighted by Crippen LogP contribution is 2.28. The molecule has 2 rings (SSSR count). The number of rotatable bonds is 3. The van der Waals surface area contributed by atoms with Crippen LogP contribution in [0.4, 0.5) is 5.82 Å². The van der Waals surface area contributed by atoms with Crippen LogP contribution in [0.5, 0.6) is 0 Å². The number of nitrogens with one attached hydrogen (secondary N) is 1. The summed E-state index contributed by atoms with van der Waals surface area (Å²) in [5.41, 5.74) is 0.754. The number of aromatic nitrogens is 2. The number of halogens is 2. The summed E-state index contributed by atoms with van der Waals surface area (Å²) in [6, 6.07) is 2.04. The predicted octanol–water partition coefficient (Wildman–Crippen LogP) is 5.17. The topological polar surface area (TPSA) is 37.8 Å². The summed E-state index contributed by atoms with van der Waals surface area (Å²) in [6.45, 7) is 8.88. The Balaban J connectivity index is 2.27. The van der Waals surface area contributed by atoms with Crippen LogP contribution in [-0.4, -0.2) is 9.97 Å². The molecule has 2 aromatic heterocycles. The summed E-state index contributed by atoms with van der Waals surface area (Å²) in [7, 11) is 0. The van der Waals surface area contributed by atoms with E-state index in [2.05, 4.69) is 57.4 Å². The van der Waals surface area contributed by atoms with Crippen LogP contribution in [-0.2, 0) is 12.0 Å². The molecule has 2 heterocycles. The SMILES string of the molecule is Cc1c(Cl)nc(C(C)(C)C)nc1NCc1sccc1Br. The van der Waals surface area contributed by atoms with E-state index < -0.39 is 0 Å². The second kappa shape index (κ2) is 6.00. The molecule has 0 aliphatic rings. The Morgan fingerprint density at radius 1 is 1.35 bits per heavy atom. The van der Waals surface area contributed by atoms with Crippen LogP contribution in [0.2, 0.25) is 5.15 Å². The quantitative estimate of drug-likeness (QED) is 0.753. The smallest absolute Gasteiger partial charge is 0.137 e. The van der Waals surface area contributed by atoms with Gasteiger partial charge >= 0.3 is 0 Å². The zero-order valence-corrected chi connectivity index (χ0v) is 15.1. The van der Waals surface area contributed by atoms with Crippen LogP contribution in [0, 0.1) is 6.92 Å². The van der Waals surface area contributed by atoms with Gasteiger partial charge in [0.2, 0.25) is 0 Å². The van der Waals surface area contributed by atoms with E-state index in [4.69, 9.17) is 11.6 Å². The first-order valence-electron chi connectivity index (χ1n) is 6.29. The lowest BCUT2D eigenvalue weighted by Gasteiger charge is -2.19. The zero-order chi connectivity index (χ0) is 14.9. The lowest BCUT2D eigenvalue weighted by molar-refractivity contribution is 0.545. The van der Waals surface area contributed by atoms with Gasteiger partial charge in [-0.1, -0.05) is 32.4 Å². The summed E-state index contributed by atoms with van der Waals surface area (Å²) in [6.07, 6.45) is 0. The maximum Gasteiger partial charge on any atom is 0.137 e. The number of hydrogen-bond acceptors (Lipinski definition) is 4. The van der Waals surface area contributed by atoms with Crippen molar-refractivity contribution in [2.75, 3.05) is 5.32 Å². The van der Waals surface area contributed by atoms with Crippen molar-refractivity contribution in [1.82, 2.24) is 9.97 Å². The van der Waals surface area contributed by atoms with Gasteiger partial charge in [-0.25, -0.2) is 9.97 Å². The fourth-order valence-electron chi connectivity index (χ4n) is 1.61. The lowest BCUT2D eigenvalue weighted by atomic mass is 9.95. The molecule has 0 spiro atoms. The standard InChI is InChI=1S/C14H17BrClN3S/c1-8-11(16)18-13(14(2,3)4)19-12(8)17-7-10-9(15)5-6-20-10/h5-6H,7H2,1-4H3,(H,17,18,19). The van der Waals surface area contributed by atoms with Gasteiger partial charge in [-0.2, -0.15) is 0 Å².